The van der Waals surface area contributed by atoms with Crippen molar-refractivity contribution in [3.8, 4) is 11.8 Å². The van der Waals surface area contributed by atoms with Crippen LogP contribution in [0.25, 0.3) is 0 Å². The van der Waals surface area contributed by atoms with Gasteiger partial charge in [-0.15, -0.1) is 0 Å². The Labute approximate surface area is 117 Å². The Morgan fingerprint density at radius 1 is 1.16 bits per heavy atom. The first-order valence-electron chi connectivity index (χ1n) is 5.73. The number of nitriles is 1. The first-order valence-corrected chi connectivity index (χ1v) is 6.11. The van der Waals surface area contributed by atoms with Crippen LogP contribution in [0.4, 0.5) is 11.4 Å². The molecule has 2 rings (SSSR count). The minimum atomic E-state index is 0.567. The molecule has 4 heteroatoms. The summed E-state index contributed by atoms with van der Waals surface area (Å²) >= 11 is 6.01. The van der Waals surface area contributed by atoms with Crippen LogP contribution in [0.5, 0.6) is 5.75 Å². The number of nitrogens with zero attached hydrogens (tertiary/aromatic N) is 2. The number of benzene rings is 2. The number of anilines is 2. The van der Waals surface area contributed by atoms with E-state index in [0.717, 1.165) is 17.1 Å². The molecule has 2 aromatic carbocycles. The molecule has 0 atom stereocenters. The zero-order valence-electron chi connectivity index (χ0n) is 10.7. The summed E-state index contributed by atoms with van der Waals surface area (Å²) in [6, 6.07) is 15.0. The lowest BCUT2D eigenvalue weighted by Crippen LogP contribution is -2.12. The van der Waals surface area contributed by atoms with Gasteiger partial charge in [-0.3, -0.25) is 0 Å². The van der Waals surface area contributed by atoms with E-state index in [0.29, 0.717) is 10.6 Å². The fourth-order valence-corrected chi connectivity index (χ4v) is 2.08. The summed E-state index contributed by atoms with van der Waals surface area (Å²) in [5.41, 5.74) is 2.20. The molecule has 0 amide bonds. The molecule has 0 spiro atoms. The Morgan fingerprint density at radius 2 is 1.89 bits per heavy atom. The molecule has 0 unspecified atom stereocenters. The topological polar surface area (TPSA) is 36.3 Å². The zero-order chi connectivity index (χ0) is 13.8. The minimum absolute atomic E-state index is 0.567. The van der Waals surface area contributed by atoms with E-state index in [2.05, 4.69) is 6.07 Å². The summed E-state index contributed by atoms with van der Waals surface area (Å²) in [5, 5.41) is 9.77. The van der Waals surface area contributed by atoms with Crippen molar-refractivity contribution in [2.24, 2.45) is 0 Å². The van der Waals surface area contributed by atoms with Crippen LogP contribution in [0.1, 0.15) is 5.56 Å². The van der Waals surface area contributed by atoms with Gasteiger partial charge in [-0.2, -0.15) is 5.26 Å². The molecular formula is C15H13ClN2O. The van der Waals surface area contributed by atoms with Gasteiger partial charge < -0.3 is 9.64 Å². The van der Waals surface area contributed by atoms with E-state index in [9.17, 15) is 5.26 Å². The van der Waals surface area contributed by atoms with E-state index in [1.165, 1.54) is 0 Å². The van der Waals surface area contributed by atoms with Crippen LogP contribution >= 0.6 is 11.6 Å². The summed E-state index contributed by atoms with van der Waals surface area (Å²) in [5.74, 6) is 0.744. The Morgan fingerprint density at radius 3 is 2.58 bits per heavy atom. The third-order valence-corrected chi connectivity index (χ3v) is 3.12. The Kier molecular flexibility index (Phi) is 3.94. The molecule has 96 valence electrons. The van der Waals surface area contributed by atoms with Gasteiger partial charge in [0.1, 0.15) is 11.8 Å². The molecule has 0 heterocycles. The maximum atomic E-state index is 9.18. The van der Waals surface area contributed by atoms with E-state index in [1.807, 2.05) is 36.2 Å². The van der Waals surface area contributed by atoms with Crippen LogP contribution in [0.3, 0.4) is 0 Å². The largest absolute Gasteiger partial charge is 0.495 e. The van der Waals surface area contributed by atoms with Crippen LogP contribution < -0.4 is 9.64 Å². The van der Waals surface area contributed by atoms with E-state index in [1.54, 1.807) is 25.3 Å². The summed E-state index contributed by atoms with van der Waals surface area (Å²) in [6.07, 6.45) is 0. The van der Waals surface area contributed by atoms with Crippen LogP contribution in [0, 0.1) is 11.3 Å². The fourth-order valence-electron chi connectivity index (χ4n) is 1.91. The van der Waals surface area contributed by atoms with Crippen molar-refractivity contribution in [3.05, 3.63) is 53.1 Å². The van der Waals surface area contributed by atoms with Crippen molar-refractivity contribution in [1.29, 1.82) is 5.26 Å². The van der Waals surface area contributed by atoms with Crippen molar-refractivity contribution in [2.45, 2.75) is 0 Å². The Balaban J connectivity index is 2.53. The predicted octanol–water partition coefficient (Wildman–Crippen LogP) is 3.99. The molecule has 2 aromatic rings. The van der Waals surface area contributed by atoms with Gasteiger partial charge in [0, 0.05) is 12.1 Å². The highest BCUT2D eigenvalue weighted by atomic mass is 35.5. The fraction of sp³-hybridized carbons (Fsp3) is 0.133. The molecule has 0 bridgehead atoms. The maximum absolute atomic E-state index is 9.18. The highest BCUT2D eigenvalue weighted by Crippen LogP contribution is 2.34. The molecule has 0 aliphatic heterocycles. The minimum Gasteiger partial charge on any atom is -0.495 e. The van der Waals surface area contributed by atoms with Crippen LogP contribution in [-0.2, 0) is 0 Å². The molecule has 0 saturated heterocycles. The van der Waals surface area contributed by atoms with Crippen LogP contribution in [-0.4, -0.2) is 14.2 Å². The lowest BCUT2D eigenvalue weighted by Gasteiger charge is -2.22. The molecule has 0 radical (unpaired) electrons. The van der Waals surface area contributed by atoms with Crippen molar-refractivity contribution in [3.63, 3.8) is 0 Å². The lowest BCUT2D eigenvalue weighted by molar-refractivity contribution is 0.415. The van der Waals surface area contributed by atoms with Gasteiger partial charge >= 0.3 is 0 Å². The van der Waals surface area contributed by atoms with Crippen molar-refractivity contribution in [2.75, 3.05) is 19.1 Å². The van der Waals surface area contributed by atoms with Gasteiger partial charge in [0.05, 0.1) is 24.0 Å². The number of rotatable bonds is 3. The molecule has 0 aromatic heterocycles. The van der Waals surface area contributed by atoms with Gasteiger partial charge in [-0.25, -0.2) is 0 Å². The van der Waals surface area contributed by atoms with Crippen molar-refractivity contribution >= 4 is 23.0 Å². The molecule has 0 aliphatic rings. The molecule has 3 nitrogen and oxygen atoms in total. The smallest absolute Gasteiger partial charge is 0.142 e. The van der Waals surface area contributed by atoms with Crippen LogP contribution in [0.2, 0.25) is 5.02 Å². The first kappa shape index (κ1) is 13.3. The second-order valence-corrected chi connectivity index (χ2v) is 4.44. The number of ether oxygens (including phenoxy) is 1. The quantitative estimate of drug-likeness (QED) is 0.848. The lowest BCUT2D eigenvalue weighted by atomic mass is 10.1. The highest BCUT2D eigenvalue weighted by molar-refractivity contribution is 6.30. The third kappa shape index (κ3) is 2.64. The normalized spacial score (nSPS) is 9.79. The van der Waals surface area contributed by atoms with Crippen molar-refractivity contribution < 1.29 is 4.74 Å². The van der Waals surface area contributed by atoms with E-state index < -0.39 is 0 Å². The summed E-state index contributed by atoms with van der Waals surface area (Å²) in [7, 11) is 3.50. The number of hydrogen-bond acceptors (Lipinski definition) is 3. The Hall–Kier alpha value is -2.18. The predicted molar refractivity (Wildman–Crippen MR) is 77.2 cm³/mol. The second-order valence-electron chi connectivity index (χ2n) is 4.00. The summed E-state index contributed by atoms with van der Waals surface area (Å²) < 4.78 is 5.33. The Bertz CT molecular complexity index is 634. The van der Waals surface area contributed by atoms with Gasteiger partial charge in [0.25, 0.3) is 0 Å². The molecular weight excluding hydrogens is 260 g/mol. The SMILES string of the molecule is COc1ccccc1N(C)c1cc(Cl)ccc1C#N. The van der Waals surface area contributed by atoms with Gasteiger partial charge in [0.2, 0.25) is 0 Å². The molecule has 0 N–H and O–H groups in total. The van der Waals surface area contributed by atoms with E-state index >= 15 is 0 Å². The number of para-hydroxylation sites is 2. The average Bonchev–Trinajstić information content (AvgIpc) is 2.46. The summed E-state index contributed by atoms with van der Waals surface area (Å²) in [6.45, 7) is 0. The molecule has 0 aliphatic carbocycles. The molecule has 0 fully saturated rings. The van der Waals surface area contributed by atoms with Gasteiger partial charge in [0.15, 0.2) is 0 Å². The van der Waals surface area contributed by atoms with Gasteiger partial charge in [-0.05, 0) is 30.3 Å². The van der Waals surface area contributed by atoms with Crippen molar-refractivity contribution in [1.82, 2.24) is 0 Å². The second kappa shape index (κ2) is 5.64. The zero-order valence-corrected chi connectivity index (χ0v) is 11.5. The number of halogens is 1. The van der Waals surface area contributed by atoms with Gasteiger partial charge in [-0.1, -0.05) is 23.7 Å². The molecule has 0 saturated carbocycles. The van der Waals surface area contributed by atoms with E-state index in [4.69, 9.17) is 16.3 Å². The number of hydrogen-bond donors (Lipinski definition) is 0. The average molecular weight is 273 g/mol. The molecule has 19 heavy (non-hydrogen) atoms. The summed E-state index contributed by atoms with van der Waals surface area (Å²) in [4.78, 5) is 1.89. The van der Waals surface area contributed by atoms with E-state index in [-0.39, 0.29) is 0 Å². The third-order valence-electron chi connectivity index (χ3n) is 2.89. The monoisotopic (exact) mass is 272 g/mol. The maximum Gasteiger partial charge on any atom is 0.142 e. The highest BCUT2D eigenvalue weighted by Gasteiger charge is 2.13. The standard InChI is InChI=1S/C15H13ClN2O/c1-18(13-5-3-4-6-15(13)19-2)14-9-12(16)8-7-11(14)10-17/h3-9H,1-2H3. The van der Waals surface area contributed by atoms with Crippen LogP contribution in [0.15, 0.2) is 42.5 Å². The number of methoxy groups -OCH3 is 1. The first-order chi connectivity index (χ1) is 9.17.